The largest absolute Gasteiger partial charge is 0.454 e. The predicted octanol–water partition coefficient (Wildman–Crippen LogP) is 2.48. The number of rotatable bonds is 3. The lowest BCUT2D eigenvalue weighted by atomic mass is 10.1. The van der Waals surface area contributed by atoms with Gasteiger partial charge in [0.1, 0.15) is 0 Å². The Balaban J connectivity index is 1.91. The molecule has 1 heterocycles. The van der Waals surface area contributed by atoms with Crippen LogP contribution in [0, 0.1) is 0 Å². The van der Waals surface area contributed by atoms with Crippen molar-refractivity contribution in [2.75, 3.05) is 12.1 Å². The number of hydrogen-bond acceptors (Lipinski definition) is 4. The third-order valence-corrected chi connectivity index (χ3v) is 2.96. The highest BCUT2D eigenvalue weighted by Crippen LogP contribution is 2.36. The van der Waals surface area contributed by atoms with Gasteiger partial charge in [-0.2, -0.15) is 0 Å². The lowest BCUT2D eigenvalue weighted by molar-refractivity contribution is 0.102. The van der Waals surface area contributed by atoms with E-state index in [9.17, 15) is 9.59 Å². The minimum Gasteiger partial charge on any atom is -0.454 e. The van der Waals surface area contributed by atoms with Crippen LogP contribution in [0.3, 0.4) is 0 Å². The predicted molar refractivity (Wildman–Crippen MR) is 72.3 cm³/mol. The van der Waals surface area contributed by atoms with Gasteiger partial charge in [-0.05, 0) is 18.2 Å². The molecule has 0 radical (unpaired) electrons. The number of amides is 1. The molecule has 0 atom stereocenters. The van der Waals surface area contributed by atoms with Gasteiger partial charge in [0.15, 0.2) is 17.8 Å². The third kappa shape index (κ3) is 2.21. The second-order valence-electron chi connectivity index (χ2n) is 4.23. The highest BCUT2D eigenvalue weighted by molar-refractivity contribution is 6.06. The first-order valence-electron chi connectivity index (χ1n) is 6.03. The molecule has 5 nitrogen and oxygen atoms in total. The van der Waals surface area contributed by atoms with Crippen LogP contribution >= 0.6 is 0 Å². The summed E-state index contributed by atoms with van der Waals surface area (Å²) >= 11 is 0. The zero-order valence-electron chi connectivity index (χ0n) is 10.5. The van der Waals surface area contributed by atoms with Crippen LogP contribution in [0.2, 0.25) is 0 Å². The maximum absolute atomic E-state index is 12.1. The van der Waals surface area contributed by atoms with Crippen LogP contribution in [0.25, 0.3) is 0 Å². The van der Waals surface area contributed by atoms with E-state index >= 15 is 0 Å². The number of benzene rings is 2. The highest BCUT2D eigenvalue weighted by atomic mass is 16.7. The SMILES string of the molecule is O=Cc1cc2c(cc1NC(=O)c1ccccc1)OCO2. The summed E-state index contributed by atoms with van der Waals surface area (Å²) in [4.78, 5) is 23.2. The summed E-state index contributed by atoms with van der Waals surface area (Å²) in [7, 11) is 0. The summed E-state index contributed by atoms with van der Waals surface area (Å²) in [5.41, 5.74) is 1.26. The van der Waals surface area contributed by atoms with Gasteiger partial charge in [-0.1, -0.05) is 18.2 Å². The number of carbonyl (C=O) groups is 2. The molecule has 1 aliphatic heterocycles. The molecule has 0 aliphatic carbocycles. The van der Waals surface area contributed by atoms with Crippen molar-refractivity contribution in [2.24, 2.45) is 0 Å². The van der Waals surface area contributed by atoms with Crippen LogP contribution in [0.1, 0.15) is 20.7 Å². The van der Waals surface area contributed by atoms with E-state index in [-0.39, 0.29) is 12.7 Å². The quantitative estimate of drug-likeness (QED) is 0.869. The van der Waals surface area contributed by atoms with E-state index in [1.807, 2.05) is 6.07 Å². The van der Waals surface area contributed by atoms with Crippen molar-refractivity contribution in [1.29, 1.82) is 0 Å². The molecule has 1 aliphatic rings. The Labute approximate surface area is 115 Å². The van der Waals surface area contributed by atoms with Crippen molar-refractivity contribution in [3.8, 4) is 11.5 Å². The number of carbonyl (C=O) groups excluding carboxylic acids is 2. The number of anilines is 1. The van der Waals surface area contributed by atoms with Crippen LogP contribution < -0.4 is 14.8 Å². The molecule has 0 aromatic heterocycles. The summed E-state index contributed by atoms with van der Waals surface area (Å²) < 4.78 is 10.4. The summed E-state index contributed by atoms with van der Waals surface area (Å²) in [5, 5.41) is 2.70. The maximum atomic E-state index is 12.1. The normalized spacial score (nSPS) is 12.0. The van der Waals surface area contributed by atoms with Crippen molar-refractivity contribution < 1.29 is 19.1 Å². The van der Waals surface area contributed by atoms with E-state index in [2.05, 4.69) is 5.32 Å². The van der Waals surface area contributed by atoms with Gasteiger partial charge in [-0.25, -0.2) is 0 Å². The van der Waals surface area contributed by atoms with Crippen LogP contribution in [-0.4, -0.2) is 19.0 Å². The molecule has 0 spiro atoms. The number of aldehydes is 1. The number of fused-ring (bicyclic) bond motifs is 1. The molecule has 5 heteroatoms. The molecule has 0 unspecified atom stereocenters. The first kappa shape index (κ1) is 12.2. The Morgan fingerprint density at radius 2 is 1.80 bits per heavy atom. The Morgan fingerprint density at radius 3 is 2.50 bits per heavy atom. The second kappa shape index (κ2) is 5.05. The van der Waals surface area contributed by atoms with Crippen molar-refractivity contribution >= 4 is 17.9 Å². The summed E-state index contributed by atoms with van der Waals surface area (Å²) in [6, 6.07) is 11.9. The van der Waals surface area contributed by atoms with Gasteiger partial charge in [0.25, 0.3) is 5.91 Å². The van der Waals surface area contributed by atoms with Gasteiger partial charge >= 0.3 is 0 Å². The Hall–Kier alpha value is -2.82. The topological polar surface area (TPSA) is 64.6 Å². The lowest BCUT2D eigenvalue weighted by Crippen LogP contribution is -2.13. The highest BCUT2D eigenvalue weighted by Gasteiger charge is 2.18. The van der Waals surface area contributed by atoms with E-state index in [0.717, 1.165) is 0 Å². The minimum atomic E-state index is -0.285. The first-order chi connectivity index (χ1) is 9.78. The molecule has 1 N–H and O–H groups in total. The summed E-state index contributed by atoms with van der Waals surface area (Å²) in [5.74, 6) is 0.733. The van der Waals surface area contributed by atoms with Gasteiger partial charge in [-0.3, -0.25) is 9.59 Å². The van der Waals surface area contributed by atoms with Gasteiger partial charge in [0.2, 0.25) is 6.79 Å². The fourth-order valence-electron chi connectivity index (χ4n) is 1.95. The van der Waals surface area contributed by atoms with Crippen LogP contribution in [-0.2, 0) is 0 Å². The number of nitrogens with one attached hydrogen (secondary N) is 1. The third-order valence-electron chi connectivity index (χ3n) is 2.96. The standard InChI is InChI=1S/C15H11NO4/c17-8-11-6-13-14(20-9-19-13)7-12(11)16-15(18)10-4-2-1-3-5-10/h1-8H,9H2,(H,16,18). The Morgan fingerprint density at radius 1 is 1.10 bits per heavy atom. The van der Waals surface area contributed by atoms with Crippen molar-refractivity contribution in [2.45, 2.75) is 0 Å². The molecular weight excluding hydrogens is 258 g/mol. The zero-order valence-corrected chi connectivity index (χ0v) is 10.5. The monoisotopic (exact) mass is 269 g/mol. The molecule has 3 rings (SSSR count). The minimum absolute atomic E-state index is 0.115. The average molecular weight is 269 g/mol. The Kier molecular flexibility index (Phi) is 3.09. The number of ether oxygens (including phenoxy) is 2. The van der Waals surface area contributed by atoms with E-state index in [1.165, 1.54) is 0 Å². The van der Waals surface area contributed by atoms with Gasteiger partial charge in [0, 0.05) is 17.2 Å². The molecule has 2 aromatic rings. The molecule has 1 amide bonds. The lowest BCUT2D eigenvalue weighted by Gasteiger charge is -2.09. The van der Waals surface area contributed by atoms with E-state index < -0.39 is 0 Å². The molecule has 0 saturated carbocycles. The van der Waals surface area contributed by atoms with Crippen LogP contribution in [0.15, 0.2) is 42.5 Å². The zero-order chi connectivity index (χ0) is 13.9. The molecule has 2 aromatic carbocycles. The van der Waals surface area contributed by atoms with Crippen LogP contribution in [0.4, 0.5) is 5.69 Å². The second-order valence-corrected chi connectivity index (χ2v) is 4.23. The van der Waals surface area contributed by atoms with Gasteiger partial charge in [0.05, 0.1) is 5.69 Å². The van der Waals surface area contributed by atoms with Gasteiger partial charge < -0.3 is 14.8 Å². The first-order valence-corrected chi connectivity index (χ1v) is 6.03. The van der Waals surface area contributed by atoms with E-state index in [1.54, 1.807) is 36.4 Å². The summed E-state index contributed by atoms with van der Waals surface area (Å²) in [6.45, 7) is 0.115. The average Bonchev–Trinajstić information content (AvgIpc) is 2.94. The molecule has 100 valence electrons. The van der Waals surface area contributed by atoms with Crippen molar-refractivity contribution in [3.05, 3.63) is 53.6 Å². The van der Waals surface area contributed by atoms with Crippen molar-refractivity contribution in [3.63, 3.8) is 0 Å². The molecule has 20 heavy (non-hydrogen) atoms. The van der Waals surface area contributed by atoms with Crippen LogP contribution in [0.5, 0.6) is 11.5 Å². The fourth-order valence-corrected chi connectivity index (χ4v) is 1.95. The van der Waals surface area contributed by atoms with E-state index in [0.29, 0.717) is 34.6 Å². The van der Waals surface area contributed by atoms with E-state index in [4.69, 9.17) is 9.47 Å². The fraction of sp³-hybridized carbons (Fsp3) is 0.0667. The van der Waals surface area contributed by atoms with Gasteiger partial charge in [-0.15, -0.1) is 0 Å². The maximum Gasteiger partial charge on any atom is 0.255 e. The molecule has 0 fully saturated rings. The molecule has 0 bridgehead atoms. The smallest absolute Gasteiger partial charge is 0.255 e. The van der Waals surface area contributed by atoms with Crippen molar-refractivity contribution in [1.82, 2.24) is 0 Å². The molecular formula is C15H11NO4. The number of hydrogen-bond donors (Lipinski definition) is 1. The molecule has 0 saturated heterocycles. The Bertz CT molecular complexity index is 667. The summed E-state index contributed by atoms with van der Waals surface area (Å²) in [6.07, 6.45) is 0.669.